The maximum atomic E-state index is 13.1. The predicted molar refractivity (Wildman–Crippen MR) is 92.9 cm³/mol. The second-order valence-electron chi connectivity index (χ2n) is 6.58. The monoisotopic (exact) mass is 320 g/mol. The van der Waals surface area contributed by atoms with Crippen molar-refractivity contribution in [1.82, 2.24) is 4.90 Å². The fraction of sp³-hybridized carbons (Fsp3) is 0.300. The molecule has 2 amide bonds. The molecule has 4 heteroatoms. The van der Waals surface area contributed by atoms with Crippen molar-refractivity contribution < 1.29 is 9.59 Å². The number of fused-ring (bicyclic) bond motifs is 2. The van der Waals surface area contributed by atoms with Crippen LogP contribution in [0.1, 0.15) is 34.3 Å². The van der Waals surface area contributed by atoms with Gasteiger partial charge >= 0.3 is 0 Å². The Balaban J connectivity index is 1.78. The van der Waals surface area contributed by atoms with Crippen molar-refractivity contribution in [3.05, 3.63) is 65.2 Å². The summed E-state index contributed by atoms with van der Waals surface area (Å²) >= 11 is 0. The van der Waals surface area contributed by atoms with Crippen LogP contribution in [-0.2, 0) is 11.3 Å². The number of anilines is 1. The first-order chi connectivity index (χ1) is 11.6. The van der Waals surface area contributed by atoms with Crippen molar-refractivity contribution in [2.45, 2.75) is 32.4 Å². The SMILES string of the molecule is Cc1ccc(CN2C(=O)C3CCCN3C(=O)c3ccccc32)cc1. The standard InChI is InChI=1S/C20H20N2O2/c1-14-8-10-15(11-9-14)13-22-17-6-3-2-5-16(17)19(23)21-12-4-7-18(21)20(22)24/h2-3,5-6,8-11,18H,4,7,12-13H2,1H3. The number of benzene rings is 2. The number of carbonyl (C=O) groups excluding carboxylic acids is 2. The van der Waals surface area contributed by atoms with Gasteiger partial charge < -0.3 is 9.80 Å². The highest BCUT2D eigenvalue weighted by atomic mass is 16.2. The number of aryl methyl sites for hydroxylation is 1. The number of hydrogen-bond donors (Lipinski definition) is 0. The van der Waals surface area contributed by atoms with Crippen LogP contribution in [0.5, 0.6) is 0 Å². The molecule has 0 aromatic heterocycles. The van der Waals surface area contributed by atoms with E-state index < -0.39 is 0 Å². The minimum Gasteiger partial charge on any atom is -0.327 e. The molecule has 2 aliphatic rings. The zero-order valence-corrected chi connectivity index (χ0v) is 13.7. The molecule has 1 fully saturated rings. The summed E-state index contributed by atoms with van der Waals surface area (Å²) in [5.41, 5.74) is 3.62. The summed E-state index contributed by atoms with van der Waals surface area (Å²) in [4.78, 5) is 29.5. The molecule has 24 heavy (non-hydrogen) atoms. The highest BCUT2D eigenvalue weighted by Crippen LogP contribution is 2.33. The molecular formula is C20H20N2O2. The Bertz CT molecular complexity index is 798. The van der Waals surface area contributed by atoms with E-state index >= 15 is 0 Å². The summed E-state index contributed by atoms with van der Waals surface area (Å²) in [5, 5.41) is 0. The van der Waals surface area contributed by atoms with Gasteiger partial charge in [-0.15, -0.1) is 0 Å². The average Bonchev–Trinajstić information content (AvgIpc) is 3.07. The van der Waals surface area contributed by atoms with Crippen molar-refractivity contribution in [2.75, 3.05) is 11.4 Å². The molecule has 0 bridgehead atoms. The fourth-order valence-electron chi connectivity index (χ4n) is 3.65. The Kier molecular flexibility index (Phi) is 3.60. The highest BCUT2D eigenvalue weighted by molar-refractivity contribution is 6.11. The van der Waals surface area contributed by atoms with Gasteiger partial charge in [-0.3, -0.25) is 9.59 Å². The molecular weight excluding hydrogens is 300 g/mol. The Morgan fingerprint density at radius 2 is 1.79 bits per heavy atom. The van der Waals surface area contributed by atoms with Gasteiger partial charge in [-0.2, -0.15) is 0 Å². The summed E-state index contributed by atoms with van der Waals surface area (Å²) in [6, 6.07) is 15.3. The average molecular weight is 320 g/mol. The smallest absolute Gasteiger partial charge is 0.256 e. The minimum atomic E-state index is -0.324. The van der Waals surface area contributed by atoms with Crippen molar-refractivity contribution in [2.24, 2.45) is 0 Å². The van der Waals surface area contributed by atoms with E-state index in [0.29, 0.717) is 18.7 Å². The van der Waals surface area contributed by atoms with E-state index in [4.69, 9.17) is 0 Å². The first-order valence-corrected chi connectivity index (χ1v) is 8.42. The van der Waals surface area contributed by atoms with Gasteiger partial charge in [-0.25, -0.2) is 0 Å². The van der Waals surface area contributed by atoms with E-state index in [9.17, 15) is 9.59 Å². The Morgan fingerprint density at radius 1 is 1.04 bits per heavy atom. The van der Waals surface area contributed by atoms with Gasteiger partial charge in [0.05, 0.1) is 17.8 Å². The number of para-hydroxylation sites is 1. The molecule has 1 unspecified atom stereocenters. The molecule has 0 N–H and O–H groups in total. The largest absolute Gasteiger partial charge is 0.327 e. The van der Waals surface area contributed by atoms with Crippen molar-refractivity contribution in [3.8, 4) is 0 Å². The summed E-state index contributed by atoms with van der Waals surface area (Å²) in [6.45, 7) is 3.21. The van der Waals surface area contributed by atoms with Crippen LogP contribution in [0, 0.1) is 6.92 Å². The van der Waals surface area contributed by atoms with E-state index in [1.807, 2.05) is 43.3 Å². The number of nitrogens with zero attached hydrogens (tertiary/aromatic N) is 2. The molecule has 4 nitrogen and oxygen atoms in total. The van der Waals surface area contributed by atoms with E-state index in [2.05, 4.69) is 12.1 Å². The van der Waals surface area contributed by atoms with E-state index in [1.165, 1.54) is 5.56 Å². The van der Waals surface area contributed by atoms with Crippen LogP contribution in [0.4, 0.5) is 5.69 Å². The summed E-state index contributed by atoms with van der Waals surface area (Å²) in [6.07, 6.45) is 1.64. The molecule has 0 spiro atoms. The van der Waals surface area contributed by atoms with E-state index in [0.717, 1.165) is 24.1 Å². The first kappa shape index (κ1) is 14.9. The fourth-order valence-corrected chi connectivity index (χ4v) is 3.65. The lowest BCUT2D eigenvalue weighted by Crippen LogP contribution is -2.44. The quantitative estimate of drug-likeness (QED) is 0.853. The van der Waals surface area contributed by atoms with Crippen molar-refractivity contribution in [3.63, 3.8) is 0 Å². The third-order valence-corrected chi connectivity index (χ3v) is 4.95. The maximum Gasteiger partial charge on any atom is 0.256 e. The molecule has 0 saturated carbocycles. The lowest BCUT2D eigenvalue weighted by molar-refractivity contribution is -0.122. The van der Waals surface area contributed by atoms with E-state index in [-0.39, 0.29) is 17.9 Å². The number of rotatable bonds is 2. The first-order valence-electron chi connectivity index (χ1n) is 8.42. The molecule has 0 aliphatic carbocycles. The van der Waals surface area contributed by atoms with Crippen LogP contribution >= 0.6 is 0 Å². The van der Waals surface area contributed by atoms with Gasteiger partial charge in [0, 0.05) is 6.54 Å². The summed E-state index contributed by atoms with van der Waals surface area (Å²) in [7, 11) is 0. The van der Waals surface area contributed by atoms with Gasteiger partial charge in [-0.05, 0) is 37.5 Å². The van der Waals surface area contributed by atoms with Crippen LogP contribution in [0.3, 0.4) is 0 Å². The van der Waals surface area contributed by atoms with Gasteiger partial charge in [0.15, 0.2) is 0 Å². The second kappa shape index (κ2) is 5.78. The number of amides is 2. The van der Waals surface area contributed by atoms with Gasteiger partial charge in [0.2, 0.25) is 5.91 Å². The van der Waals surface area contributed by atoms with Gasteiger partial charge in [-0.1, -0.05) is 42.0 Å². The molecule has 2 aromatic carbocycles. The van der Waals surface area contributed by atoms with Crippen LogP contribution in [0.25, 0.3) is 0 Å². The summed E-state index contributed by atoms with van der Waals surface area (Å²) in [5.74, 6) is 0.0132. The summed E-state index contributed by atoms with van der Waals surface area (Å²) < 4.78 is 0. The third kappa shape index (κ3) is 2.39. The molecule has 1 saturated heterocycles. The zero-order chi connectivity index (χ0) is 16.7. The molecule has 2 heterocycles. The molecule has 1 atom stereocenters. The topological polar surface area (TPSA) is 40.6 Å². The second-order valence-corrected chi connectivity index (χ2v) is 6.58. The highest BCUT2D eigenvalue weighted by Gasteiger charge is 2.41. The van der Waals surface area contributed by atoms with E-state index in [1.54, 1.807) is 9.80 Å². The lowest BCUT2D eigenvalue weighted by atomic mass is 10.1. The molecule has 4 rings (SSSR count). The van der Waals surface area contributed by atoms with Crippen molar-refractivity contribution in [1.29, 1.82) is 0 Å². The Labute approximate surface area is 141 Å². The number of carbonyl (C=O) groups is 2. The number of hydrogen-bond acceptors (Lipinski definition) is 2. The van der Waals surface area contributed by atoms with Crippen LogP contribution in [-0.4, -0.2) is 29.3 Å². The lowest BCUT2D eigenvalue weighted by Gasteiger charge is -2.26. The normalized spacial score (nSPS) is 20.0. The van der Waals surface area contributed by atoms with Crippen molar-refractivity contribution >= 4 is 17.5 Å². The third-order valence-electron chi connectivity index (χ3n) is 4.95. The van der Waals surface area contributed by atoms with Gasteiger partial charge in [0.25, 0.3) is 5.91 Å². The van der Waals surface area contributed by atoms with Crippen LogP contribution in [0.2, 0.25) is 0 Å². The van der Waals surface area contributed by atoms with Gasteiger partial charge in [0.1, 0.15) is 6.04 Å². The Morgan fingerprint density at radius 3 is 2.58 bits per heavy atom. The molecule has 0 radical (unpaired) electrons. The molecule has 2 aromatic rings. The van der Waals surface area contributed by atoms with Crippen LogP contribution in [0.15, 0.2) is 48.5 Å². The Hall–Kier alpha value is -2.62. The van der Waals surface area contributed by atoms with Crippen LogP contribution < -0.4 is 4.90 Å². The maximum absolute atomic E-state index is 13.1. The molecule has 122 valence electrons. The minimum absolute atomic E-state index is 0.0205. The predicted octanol–water partition coefficient (Wildman–Crippen LogP) is 3.15. The molecule has 2 aliphatic heterocycles. The zero-order valence-electron chi connectivity index (χ0n) is 13.7.